The van der Waals surface area contributed by atoms with Crippen molar-refractivity contribution in [2.24, 2.45) is 0 Å². The normalized spacial score (nSPS) is 9.93. The molecule has 0 aliphatic carbocycles. The molecule has 0 atom stereocenters. The first-order valence-electron chi connectivity index (χ1n) is 4.02. The first kappa shape index (κ1) is 11.4. The third-order valence-corrected chi connectivity index (χ3v) is 2.83. The van der Waals surface area contributed by atoms with E-state index in [0.717, 1.165) is 9.05 Å². The zero-order valence-electron chi connectivity index (χ0n) is 7.95. The predicted octanol–water partition coefficient (Wildman–Crippen LogP) is 1.19. The Morgan fingerprint density at radius 3 is 2.79 bits per heavy atom. The first-order chi connectivity index (χ1) is 6.59. The summed E-state index contributed by atoms with van der Waals surface area (Å²) in [6, 6.07) is 0. The van der Waals surface area contributed by atoms with Crippen LogP contribution >= 0.6 is 27.3 Å². The fourth-order valence-corrected chi connectivity index (χ4v) is 1.81. The summed E-state index contributed by atoms with van der Waals surface area (Å²) in [4.78, 5) is 12.7. The van der Waals surface area contributed by atoms with Crippen molar-refractivity contribution in [2.45, 2.75) is 6.42 Å². The Morgan fingerprint density at radius 1 is 1.57 bits per heavy atom. The van der Waals surface area contributed by atoms with Crippen LogP contribution in [0.4, 0.5) is 5.13 Å². The molecule has 1 N–H and O–H groups in total. The van der Waals surface area contributed by atoms with Gasteiger partial charge in [-0.3, -0.25) is 4.79 Å². The Kier molecular flexibility index (Phi) is 4.27. The maximum absolute atomic E-state index is 11.2. The molecule has 0 spiro atoms. The molecular formula is C7H11BrN4OS. The van der Waals surface area contributed by atoms with Crippen LogP contribution in [0.25, 0.3) is 0 Å². The van der Waals surface area contributed by atoms with Crippen LogP contribution in [-0.4, -0.2) is 41.6 Å². The van der Waals surface area contributed by atoms with E-state index in [1.165, 1.54) is 11.3 Å². The topological polar surface area (TPSA) is 58.1 Å². The number of carbonyl (C=O) groups is 1. The maximum Gasteiger partial charge on any atom is 0.223 e. The highest BCUT2D eigenvalue weighted by atomic mass is 79.9. The van der Waals surface area contributed by atoms with E-state index in [1.807, 2.05) is 0 Å². The lowest BCUT2D eigenvalue weighted by Crippen LogP contribution is -2.23. The lowest BCUT2D eigenvalue weighted by molar-refractivity contribution is -0.128. The summed E-state index contributed by atoms with van der Waals surface area (Å²) in [5.41, 5.74) is 0. The molecule has 1 aromatic rings. The van der Waals surface area contributed by atoms with Crippen molar-refractivity contribution in [1.82, 2.24) is 15.1 Å². The largest absolute Gasteiger partial charge is 0.360 e. The molecule has 0 unspecified atom stereocenters. The van der Waals surface area contributed by atoms with Gasteiger partial charge in [0.2, 0.25) is 11.0 Å². The molecule has 7 heteroatoms. The van der Waals surface area contributed by atoms with E-state index in [4.69, 9.17) is 0 Å². The fourth-order valence-electron chi connectivity index (χ4n) is 0.777. The third-order valence-electron chi connectivity index (χ3n) is 1.51. The first-order valence-corrected chi connectivity index (χ1v) is 5.63. The average Bonchev–Trinajstić information content (AvgIpc) is 2.51. The molecule has 0 aliphatic rings. The Hall–Kier alpha value is -0.690. The van der Waals surface area contributed by atoms with Crippen molar-refractivity contribution in [3.63, 3.8) is 0 Å². The standard InChI is InChI=1S/C7H11BrN4OS/c1-12(2)5(13)3-4-9-7-11-10-6(8)14-7/h3-4H2,1-2H3,(H,9,11). The zero-order chi connectivity index (χ0) is 10.6. The zero-order valence-corrected chi connectivity index (χ0v) is 10.4. The average molecular weight is 279 g/mol. The molecule has 0 fully saturated rings. The van der Waals surface area contributed by atoms with Gasteiger partial charge in [0.1, 0.15) is 0 Å². The van der Waals surface area contributed by atoms with Crippen LogP contribution in [0.1, 0.15) is 6.42 Å². The number of halogens is 1. The second kappa shape index (κ2) is 5.26. The van der Waals surface area contributed by atoms with Gasteiger partial charge in [-0.1, -0.05) is 11.3 Å². The number of aromatic nitrogens is 2. The highest BCUT2D eigenvalue weighted by molar-refractivity contribution is 9.11. The van der Waals surface area contributed by atoms with Gasteiger partial charge in [0, 0.05) is 27.1 Å². The van der Waals surface area contributed by atoms with Gasteiger partial charge in [-0.2, -0.15) is 0 Å². The highest BCUT2D eigenvalue weighted by Crippen LogP contribution is 2.19. The van der Waals surface area contributed by atoms with E-state index in [0.29, 0.717) is 13.0 Å². The number of hydrogen-bond acceptors (Lipinski definition) is 5. The monoisotopic (exact) mass is 278 g/mol. The summed E-state index contributed by atoms with van der Waals surface area (Å²) < 4.78 is 0.735. The van der Waals surface area contributed by atoms with Gasteiger partial charge >= 0.3 is 0 Å². The van der Waals surface area contributed by atoms with Crippen molar-refractivity contribution in [3.05, 3.63) is 3.92 Å². The minimum atomic E-state index is 0.0982. The summed E-state index contributed by atoms with van der Waals surface area (Å²) in [6.07, 6.45) is 0.462. The molecule has 0 aliphatic heterocycles. The van der Waals surface area contributed by atoms with E-state index >= 15 is 0 Å². The van der Waals surface area contributed by atoms with Gasteiger partial charge in [-0.15, -0.1) is 10.2 Å². The molecule has 14 heavy (non-hydrogen) atoms. The molecule has 1 heterocycles. The van der Waals surface area contributed by atoms with Gasteiger partial charge in [-0.25, -0.2) is 0 Å². The van der Waals surface area contributed by atoms with Crippen molar-refractivity contribution in [1.29, 1.82) is 0 Å². The lowest BCUT2D eigenvalue weighted by atomic mass is 10.4. The fraction of sp³-hybridized carbons (Fsp3) is 0.571. The molecule has 1 amide bonds. The number of amides is 1. The molecule has 78 valence electrons. The molecule has 0 aromatic carbocycles. The van der Waals surface area contributed by atoms with Crippen LogP contribution in [-0.2, 0) is 4.79 Å². The van der Waals surface area contributed by atoms with Crippen LogP contribution < -0.4 is 5.32 Å². The van der Waals surface area contributed by atoms with Crippen molar-refractivity contribution in [3.8, 4) is 0 Å². The smallest absolute Gasteiger partial charge is 0.223 e. The van der Waals surface area contributed by atoms with Gasteiger partial charge in [0.25, 0.3) is 0 Å². The quantitative estimate of drug-likeness (QED) is 0.899. The predicted molar refractivity (Wildman–Crippen MR) is 59.4 cm³/mol. The second-order valence-electron chi connectivity index (χ2n) is 2.83. The number of carbonyl (C=O) groups excluding carboxylic acids is 1. The SMILES string of the molecule is CN(C)C(=O)CCNc1nnc(Br)s1. The van der Waals surface area contributed by atoms with Crippen molar-refractivity contribution < 1.29 is 4.79 Å². The van der Waals surface area contributed by atoms with Gasteiger partial charge in [0.05, 0.1) is 0 Å². The van der Waals surface area contributed by atoms with Crippen LogP contribution in [0, 0.1) is 0 Å². The second-order valence-corrected chi connectivity index (χ2v) is 5.08. The summed E-state index contributed by atoms with van der Waals surface area (Å²) >= 11 is 4.61. The molecule has 0 saturated heterocycles. The molecule has 1 rings (SSSR count). The summed E-state index contributed by atoms with van der Waals surface area (Å²) in [7, 11) is 3.48. The van der Waals surface area contributed by atoms with E-state index in [2.05, 4.69) is 31.4 Å². The summed E-state index contributed by atoms with van der Waals surface area (Å²) in [5.74, 6) is 0.0982. The molecule has 1 aromatic heterocycles. The Balaban J connectivity index is 2.25. The Labute approximate surface area is 94.6 Å². The van der Waals surface area contributed by atoms with Crippen molar-refractivity contribution >= 4 is 38.3 Å². The molecule has 0 saturated carbocycles. The van der Waals surface area contributed by atoms with E-state index in [-0.39, 0.29) is 5.91 Å². The third kappa shape index (κ3) is 3.59. The Bertz CT molecular complexity index is 314. The van der Waals surface area contributed by atoms with Gasteiger partial charge < -0.3 is 10.2 Å². The minimum Gasteiger partial charge on any atom is -0.360 e. The van der Waals surface area contributed by atoms with E-state index in [9.17, 15) is 4.79 Å². The molecule has 5 nitrogen and oxygen atoms in total. The van der Waals surface area contributed by atoms with Crippen LogP contribution in [0.3, 0.4) is 0 Å². The Morgan fingerprint density at radius 2 is 2.29 bits per heavy atom. The summed E-state index contributed by atoms with van der Waals surface area (Å²) in [6.45, 7) is 0.582. The van der Waals surface area contributed by atoms with E-state index < -0.39 is 0 Å². The lowest BCUT2D eigenvalue weighted by Gasteiger charge is -2.09. The minimum absolute atomic E-state index is 0.0982. The van der Waals surface area contributed by atoms with Crippen LogP contribution in [0.15, 0.2) is 3.92 Å². The molecule has 0 radical (unpaired) electrons. The van der Waals surface area contributed by atoms with Crippen molar-refractivity contribution in [2.75, 3.05) is 26.0 Å². The number of nitrogens with zero attached hydrogens (tertiary/aromatic N) is 3. The van der Waals surface area contributed by atoms with Gasteiger partial charge in [-0.05, 0) is 15.9 Å². The number of anilines is 1. The maximum atomic E-state index is 11.2. The molecular weight excluding hydrogens is 268 g/mol. The number of rotatable bonds is 4. The van der Waals surface area contributed by atoms with Crippen LogP contribution in [0.5, 0.6) is 0 Å². The summed E-state index contributed by atoms with van der Waals surface area (Å²) in [5, 5.41) is 11.4. The van der Waals surface area contributed by atoms with E-state index in [1.54, 1.807) is 19.0 Å². The number of hydrogen-bond donors (Lipinski definition) is 1. The number of nitrogens with one attached hydrogen (secondary N) is 1. The van der Waals surface area contributed by atoms with Crippen LogP contribution in [0.2, 0.25) is 0 Å². The van der Waals surface area contributed by atoms with Gasteiger partial charge in [0.15, 0.2) is 3.92 Å². The molecule has 0 bridgehead atoms. The highest BCUT2D eigenvalue weighted by Gasteiger charge is 2.04.